The number of hydrogen-bond donors (Lipinski definition) is 2. The third-order valence-electron chi connectivity index (χ3n) is 3.35. The Morgan fingerprint density at radius 3 is 2.56 bits per heavy atom. The van der Waals surface area contributed by atoms with Crippen LogP contribution in [0.4, 0.5) is 16.5 Å². The predicted molar refractivity (Wildman–Crippen MR) is 99.2 cm³/mol. The molecule has 25 heavy (non-hydrogen) atoms. The van der Waals surface area contributed by atoms with Gasteiger partial charge in [0, 0.05) is 23.6 Å². The molecule has 0 bridgehead atoms. The lowest BCUT2D eigenvalue weighted by molar-refractivity contribution is 0.598. The van der Waals surface area contributed by atoms with Crippen molar-refractivity contribution in [1.29, 1.82) is 0 Å². The zero-order chi connectivity index (χ0) is 17.9. The molecule has 2 aromatic heterocycles. The molecular formula is C15H17N5O3S2. The maximum absolute atomic E-state index is 11.9. The minimum absolute atomic E-state index is 0.108. The van der Waals surface area contributed by atoms with Gasteiger partial charge in [0.05, 0.1) is 5.75 Å². The number of sulfonamides is 1. The van der Waals surface area contributed by atoms with E-state index in [4.69, 9.17) is 0 Å². The van der Waals surface area contributed by atoms with E-state index < -0.39 is 10.0 Å². The highest BCUT2D eigenvalue weighted by molar-refractivity contribution is 7.92. The second-order valence-electron chi connectivity index (χ2n) is 5.36. The molecule has 8 nitrogen and oxygen atoms in total. The summed E-state index contributed by atoms with van der Waals surface area (Å²) < 4.78 is 27.6. The van der Waals surface area contributed by atoms with E-state index in [0.717, 1.165) is 12.1 Å². The fourth-order valence-corrected chi connectivity index (χ4v) is 4.17. The summed E-state index contributed by atoms with van der Waals surface area (Å²) in [5.74, 6) is 0.108. The van der Waals surface area contributed by atoms with Crippen LogP contribution in [0.1, 0.15) is 19.8 Å². The molecule has 0 unspecified atom stereocenters. The van der Waals surface area contributed by atoms with Crippen molar-refractivity contribution in [3.05, 3.63) is 46.9 Å². The van der Waals surface area contributed by atoms with Gasteiger partial charge in [-0.2, -0.15) is 4.52 Å². The smallest absolute Gasteiger partial charge is 0.275 e. The molecule has 2 N–H and O–H groups in total. The molecule has 0 radical (unpaired) electrons. The molecule has 0 fully saturated rings. The third-order valence-corrected chi connectivity index (χ3v) is 5.56. The Bertz CT molecular complexity index is 1030. The normalized spacial score (nSPS) is 11.6. The van der Waals surface area contributed by atoms with Gasteiger partial charge in [-0.05, 0) is 30.7 Å². The quantitative estimate of drug-likeness (QED) is 0.653. The maximum Gasteiger partial charge on any atom is 0.275 e. The fraction of sp³-hybridized carbons (Fsp3) is 0.267. The van der Waals surface area contributed by atoms with Crippen LogP contribution in [0.5, 0.6) is 0 Å². The van der Waals surface area contributed by atoms with Crippen LogP contribution < -0.4 is 15.6 Å². The first-order chi connectivity index (χ1) is 12.0. The number of nitrogens with zero attached hydrogens (tertiary/aromatic N) is 3. The molecule has 0 saturated heterocycles. The van der Waals surface area contributed by atoms with E-state index >= 15 is 0 Å². The highest BCUT2D eigenvalue weighted by Crippen LogP contribution is 2.22. The van der Waals surface area contributed by atoms with Gasteiger partial charge in [0.25, 0.3) is 5.56 Å². The van der Waals surface area contributed by atoms with E-state index in [1.54, 1.807) is 24.3 Å². The van der Waals surface area contributed by atoms with Crippen molar-refractivity contribution < 1.29 is 8.42 Å². The molecule has 2 heterocycles. The van der Waals surface area contributed by atoms with E-state index in [-0.39, 0.29) is 11.3 Å². The predicted octanol–water partition coefficient (Wildman–Crippen LogP) is 2.44. The molecule has 1 aromatic carbocycles. The molecule has 132 valence electrons. The molecule has 3 rings (SSSR count). The summed E-state index contributed by atoms with van der Waals surface area (Å²) in [6, 6.07) is 8.16. The molecule has 3 aromatic rings. The first kappa shape index (κ1) is 17.4. The van der Waals surface area contributed by atoms with Crippen LogP contribution in [0.25, 0.3) is 4.96 Å². The van der Waals surface area contributed by atoms with Gasteiger partial charge in [-0.25, -0.2) is 13.4 Å². The van der Waals surface area contributed by atoms with E-state index in [9.17, 15) is 13.2 Å². The van der Waals surface area contributed by atoms with Crippen LogP contribution in [-0.2, 0) is 10.0 Å². The van der Waals surface area contributed by atoms with Crippen molar-refractivity contribution in [2.45, 2.75) is 19.8 Å². The van der Waals surface area contributed by atoms with Crippen molar-refractivity contribution >= 4 is 42.8 Å². The Hall–Kier alpha value is -2.46. The van der Waals surface area contributed by atoms with Crippen LogP contribution in [-0.4, -0.2) is 28.8 Å². The molecule has 0 aliphatic rings. The molecule has 0 spiro atoms. The molecule has 0 atom stereocenters. The first-order valence-corrected chi connectivity index (χ1v) is 10.2. The third kappa shape index (κ3) is 4.34. The number of anilines is 3. The van der Waals surface area contributed by atoms with Crippen LogP contribution in [0.2, 0.25) is 0 Å². The first-order valence-electron chi connectivity index (χ1n) is 7.69. The van der Waals surface area contributed by atoms with Gasteiger partial charge in [-0.3, -0.25) is 9.52 Å². The SMILES string of the molecule is CCCCS(=O)(=O)Nc1ccc(Nc2nn3c(=O)ccnc3s2)cc1. The summed E-state index contributed by atoms with van der Waals surface area (Å²) >= 11 is 1.25. The van der Waals surface area contributed by atoms with Gasteiger partial charge < -0.3 is 5.32 Å². The van der Waals surface area contributed by atoms with Crippen molar-refractivity contribution in [3.8, 4) is 0 Å². The van der Waals surface area contributed by atoms with Crippen molar-refractivity contribution in [2.24, 2.45) is 0 Å². The number of rotatable bonds is 7. The van der Waals surface area contributed by atoms with Gasteiger partial charge in [-0.15, -0.1) is 5.10 Å². The summed E-state index contributed by atoms with van der Waals surface area (Å²) in [4.78, 5) is 16.3. The summed E-state index contributed by atoms with van der Waals surface area (Å²) in [7, 11) is -3.32. The Morgan fingerprint density at radius 2 is 1.88 bits per heavy atom. The summed E-state index contributed by atoms with van der Waals surface area (Å²) in [6.45, 7) is 1.95. The standard InChI is InChI=1S/C15H17N5O3S2/c1-2-3-10-25(22,23)19-12-6-4-11(5-7-12)17-14-18-20-13(21)8-9-16-15(20)24-14/h4-9,19H,2-3,10H2,1H3,(H,17,18). The Kier molecular flexibility index (Phi) is 5.00. The lowest BCUT2D eigenvalue weighted by Crippen LogP contribution is -2.16. The molecular weight excluding hydrogens is 362 g/mol. The summed E-state index contributed by atoms with van der Waals surface area (Å²) in [5, 5.41) is 7.76. The monoisotopic (exact) mass is 379 g/mol. The summed E-state index contributed by atoms with van der Waals surface area (Å²) in [6.07, 6.45) is 2.89. The van der Waals surface area contributed by atoms with E-state index in [1.807, 2.05) is 6.92 Å². The van der Waals surface area contributed by atoms with Crippen molar-refractivity contribution in [2.75, 3.05) is 15.8 Å². The van der Waals surface area contributed by atoms with Crippen LogP contribution in [0.15, 0.2) is 41.3 Å². The Labute approximate surface area is 148 Å². The van der Waals surface area contributed by atoms with Gasteiger partial charge >= 0.3 is 0 Å². The second kappa shape index (κ2) is 7.19. The zero-order valence-corrected chi connectivity index (χ0v) is 15.1. The number of nitrogens with one attached hydrogen (secondary N) is 2. The van der Waals surface area contributed by atoms with Crippen LogP contribution in [0, 0.1) is 0 Å². The highest BCUT2D eigenvalue weighted by Gasteiger charge is 2.10. The van der Waals surface area contributed by atoms with Crippen molar-refractivity contribution in [1.82, 2.24) is 14.6 Å². The molecule has 0 saturated carbocycles. The second-order valence-corrected chi connectivity index (χ2v) is 8.16. The summed E-state index contributed by atoms with van der Waals surface area (Å²) in [5.41, 5.74) is 0.985. The van der Waals surface area contributed by atoms with Gasteiger partial charge in [0.1, 0.15) is 0 Å². The zero-order valence-electron chi connectivity index (χ0n) is 13.5. The molecule has 0 amide bonds. The average molecular weight is 379 g/mol. The molecule has 10 heteroatoms. The number of benzene rings is 1. The Balaban J connectivity index is 1.71. The van der Waals surface area contributed by atoms with E-state index in [1.165, 1.54) is 28.1 Å². The lowest BCUT2D eigenvalue weighted by Gasteiger charge is -2.08. The highest BCUT2D eigenvalue weighted by atomic mass is 32.2. The minimum atomic E-state index is -3.32. The minimum Gasteiger partial charge on any atom is -0.330 e. The van der Waals surface area contributed by atoms with Crippen LogP contribution in [0.3, 0.4) is 0 Å². The Morgan fingerprint density at radius 1 is 1.16 bits per heavy atom. The van der Waals surface area contributed by atoms with Crippen molar-refractivity contribution in [3.63, 3.8) is 0 Å². The maximum atomic E-state index is 11.9. The topological polar surface area (TPSA) is 105 Å². The largest absolute Gasteiger partial charge is 0.330 e. The lowest BCUT2D eigenvalue weighted by atomic mass is 10.3. The molecule has 0 aliphatic carbocycles. The molecule has 0 aliphatic heterocycles. The van der Waals surface area contributed by atoms with Gasteiger partial charge in [0.15, 0.2) is 0 Å². The van der Waals surface area contributed by atoms with Gasteiger partial charge in [0.2, 0.25) is 20.1 Å². The van der Waals surface area contributed by atoms with E-state index in [2.05, 4.69) is 20.1 Å². The number of aromatic nitrogens is 3. The van der Waals surface area contributed by atoms with Gasteiger partial charge in [-0.1, -0.05) is 24.7 Å². The van der Waals surface area contributed by atoms with Crippen LogP contribution >= 0.6 is 11.3 Å². The van der Waals surface area contributed by atoms with E-state index in [0.29, 0.717) is 22.2 Å². The number of unbranched alkanes of at least 4 members (excludes halogenated alkanes) is 1. The fourth-order valence-electron chi connectivity index (χ4n) is 2.10. The number of hydrogen-bond acceptors (Lipinski definition) is 7. The number of fused-ring (bicyclic) bond motifs is 1. The average Bonchev–Trinajstić information content (AvgIpc) is 2.99.